The van der Waals surface area contributed by atoms with Crippen LogP contribution in [0.4, 0.5) is 0 Å². The van der Waals surface area contributed by atoms with E-state index in [0.717, 1.165) is 25.0 Å². The summed E-state index contributed by atoms with van der Waals surface area (Å²) in [7, 11) is 0. The Bertz CT molecular complexity index is 235. The molecule has 0 spiro atoms. The fourth-order valence-electron chi connectivity index (χ4n) is 4.15. The molecule has 2 atom stereocenters. The predicted molar refractivity (Wildman–Crippen MR) is 93.2 cm³/mol. The molecule has 2 aliphatic rings. The van der Waals surface area contributed by atoms with Gasteiger partial charge in [-0.1, -0.05) is 71.6 Å². The molecule has 0 N–H and O–H groups in total. The molecule has 0 radical (unpaired) electrons. The van der Waals surface area contributed by atoms with Gasteiger partial charge in [-0.25, -0.2) is 0 Å². The zero-order valence-electron chi connectivity index (χ0n) is 15.0. The molecule has 2 unspecified atom stereocenters. The van der Waals surface area contributed by atoms with E-state index < -0.39 is 0 Å². The zero-order valence-corrected chi connectivity index (χ0v) is 15.0. The first-order valence-corrected chi connectivity index (χ1v) is 10.1. The number of ether oxygens (including phenoxy) is 2. The van der Waals surface area contributed by atoms with Crippen molar-refractivity contribution >= 4 is 0 Å². The Morgan fingerprint density at radius 3 is 2.00 bits per heavy atom. The molecule has 1 saturated heterocycles. The van der Waals surface area contributed by atoms with Crippen molar-refractivity contribution in [3.8, 4) is 0 Å². The van der Waals surface area contributed by atoms with Crippen LogP contribution >= 0.6 is 0 Å². The summed E-state index contributed by atoms with van der Waals surface area (Å²) < 4.78 is 12.2. The topological polar surface area (TPSA) is 18.5 Å². The van der Waals surface area contributed by atoms with E-state index >= 15 is 0 Å². The molecule has 0 bridgehead atoms. The lowest BCUT2D eigenvalue weighted by Crippen LogP contribution is -2.41. The normalized spacial score (nSPS) is 33.0. The van der Waals surface area contributed by atoms with E-state index in [2.05, 4.69) is 13.8 Å². The van der Waals surface area contributed by atoms with Crippen LogP contribution in [-0.2, 0) is 9.47 Å². The molecule has 0 aromatic carbocycles. The Morgan fingerprint density at radius 2 is 1.41 bits per heavy atom. The van der Waals surface area contributed by atoms with Crippen molar-refractivity contribution in [2.24, 2.45) is 11.8 Å². The van der Waals surface area contributed by atoms with Gasteiger partial charge in [0.1, 0.15) is 0 Å². The molecule has 1 heterocycles. The van der Waals surface area contributed by atoms with Crippen molar-refractivity contribution in [2.75, 3.05) is 13.2 Å². The molecule has 22 heavy (non-hydrogen) atoms. The second-order valence-corrected chi connectivity index (χ2v) is 7.60. The summed E-state index contributed by atoms with van der Waals surface area (Å²) in [5, 5.41) is 0. The first kappa shape index (κ1) is 18.3. The van der Waals surface area contributed by atoms with Crippen LogP contribution in [0.1, 0.15) is 90.9 Å². The third-order valence-corrected chi connectivity index (χ3v) is 5.76. The molecule has 130 valence electrons. The minimum Gasteiger partial charge on any atom is -0.373 e. The van der Waals surface area contributed by atoms with Crippen LogP contribution in [0.5, 0.6) is 0 Å². The second kappa shape index (κ2) is 10.6. The first-order valence-electron chi connectivity index (χ1n) is 10.1. The quantitative estimate of drug-likeness (QED) is 0.506. The van der Waals surface area contributed by atoms with Crippen molar-refractivity contribution < 1.29 is 9.47 Å². The average Bonchev–Trinajstić information content (AvgIpc) is 2.57. The highest BCUT2D eigenvalue weighted by Crippen LogP contribution is 2.35. The Morgan fingerprint density at radius 1 is 0.727 bits per heavy atom. The molecule has 1 aliphatic carbocycles. The first-order chi connectivity index (χ1) is 10.8. The lowest BCUT2D eigenvalue weighted by molar-refractivity contribution is -0.157. The Kier molecular flexibility index (Phi) is 8.84. The summed E-state index contributed by atoms with van der Waals surface area (Å²) in [4.78, 5) is 0. The SMILES string of the molecule is CCCCCC1CCC(C2COC(CCCCC)CO2)CC1. The van der Waals surface area contributed by atoms with Crippen LogP contribution in [0, 0.1) is 11.8 Å². The van der Waals surface area contributed by atoms with Crippen molar-refractivity contribution in [3.63, 3.8) is 0 Å². The van der Waals surface area contributed by atoms with Gasteiger partial charge in [0.2, 0.25) is 0 Å². The maximum Gasteiger partial charge on any atom is 0.0838 e. The maximum absolute atomic E-state index is 6.17. The van der Waals surface area contributed by atoms with Gasteiger partial charge in [-0.15, -0.1) is 0 Å². The van der Waals surface area contributed by atoms with Crippen LogP contribution in [0.25, 0.3) is 0 Å². The fraction of sp³-hybridized carbons (Fsp3) is 1.00. The van der Waals surface area contributed by atoms with Crippen LogP contribution in [-0.4, -0.2) is 25.4 Å². The van der Waals surface area contributed by atoms with E-state index in [1.54, 1.807) is 0 Å². The summed E-state index contributed by atoms with van der Waals surface area (Å²) in [6.07, 6.45) is 17.1. The molecule has 0 aromatic heterocycles. The van der Waals surface area contributed by atoms with Crippen molar-refractivity contribution in [1.29, 1.82) is 0 Å². The van der Waals surface area contributed by atoms with Crippen LogP contribution in [0.3, 0.4) is 0 Å². The minimum atomic E-state index is 0.369. The van der Waals surface area contributed by atoms with E-state index in [9.17, 15) is 0 Å². The molecule has 2 heteroatoms. The number of hydrogen-bond acceptors (Lipinski definition) is 2. The Balaban J connectivity index is 1.58. The zero-order chi connectivity index (χ0) is 15.6. The van der Waals surface area contributed by atoms with Crippen molar-refractivity contribution in [1.82, 2.24) is 0 Å². The molecule has 2 rings (SSSR count). The van der Waals surface area contributed by atoms with Gasteiger partial charge >= 0.3 is 0 Å². The number of hydrogen-bond donors (Lipinski definition) is 0. The van der Waals surface area contributed by atoms with Gasteiger partial charge in [-0.05, 0) is 31.1 Å². The highest BCUT2D eigenvalue weighted by molar-refractivity contribution is 4.81. The van der Waals surface area contributed by atoms with Crippen molar-refractivity contribution in [3.05, 3.63) is 0 Å². The molecule has 1 aliphatic heterocycles. The second-order valence-electron chi connectivity index (χ2n) is 7.60. The highest BCUT2D eigenvalue weighted by atomic mass is 16.6. The smallest absolute Gasteiger partial charge is 0.0838 e. The molecular formula is C20H38O2. The average molecular weight is 311 g/mol. The monoisotopic (exact) mass is 310 g/mol. The largest absolute Gasteiger partial charge is 0.373 e. The molecule has 0 amide bonds. The minimum absolute atomic E-state index is 0.369. The maximum atomic E-state index is 6.17. The van der Waals surface area contributed by atoms with E-state index in [1.807, 2.05) is 0 Å². The van der Waals surface area contributed by atoms with Crippen LogP contribution in [0.15, 0.2) is 0 Å². The third kappa shape index (κ3) is 6.20. The van der Waals surface area contributed by atoms with Crippen LogP contribution < -0.4 is 0 Å². The van der Waals surface area contributed by atoms with E-state index in [0.29, 0.717) is 12.2 Å². The van der Waals surface area contributed by atoms with E-state index in [1.165, 1.54) is 77.0 Å². The number of rotatable bonds is 9. The summed E-state index contributed by atoms with van der Waals surface area (Å²) in [6, 6.07) is 0. The summed E-state index contributed by atoms with van der Waals surface area (Å²) in [5.41, 5.74) is 0. The lowest BCUT2D eigenvalue weighted by atomic mass is 9.77. The van der Waals surface area contributed by atoms with Gasteiger partial charge < -0.3 is 9.47 Å². The Labute approximate surface area is 138 Å². The van der Waals surface area contributed by atoms with Gasteiger partial charge in [0.25, 0.3) is 0 Å². The van der Waals surface area contributed by atoms with Gasteiger partial charge in [0, 0.05) is 0 Å². The summed E-state index contributed by atoms with van der Waals surface area (Å²) >= 11 is 0. The number of unbranched alkanes of at least 4 members (excludes halogenated alkanes) is 4. The predicted octanol–water partition coefficient (Wildman–Crippen LogP) is 5.74. The standard InChI is InChI=1S/C20H38O2/c1-3-5-7-9-17-11-13-18(14-12-17)20-16-21-19(15-22-20)10-8-6-4-2/h17-20H,3-16H2,1-2H3. The van der Waals surface area contributed by atoms with Gasteiger partial charge in [0.15, 0.2) is 0 Å². The molecule has 1 saturated carbocycles. The molecule has 2 fully saturated rings. The lowest BCUT2D eigenvalue weighted by Gasteiger charge is -2.38. The Hall–Kier alpha value is -0.0800. The van der Waals surface area contributed by atoms with Crippen LogP contribution in [0.2, 0.25) is 0 Å². The third-order valence-electron chi connectivity index (χ3n) is 5.76. The molecular weight excluding hydrogens is 272 g/mol. The van der Waals surface area contributed by atoms with E-state index in [-0.39, 0.29) is 0 Å². The highest BCUT2D eigenvalue weighted by Gasteiger charge is 2.31. The molecule has 0 aromatic rings. The van der Waals surface area contributed by atoms with Gasteiger partial charge in [-0.3, -0.25) is 0 Å². The fourth-order valence-corrected chi connectivity index (χ4v) is 4.15. The molecule has 2 nitrogen and oxygen atoms in total. The van der Waals surface area contributed by atoms with Gasteiger partial charge in [0.05, 0.1) is 25.4 Å². The van der Waals surface area contributed by atoms with Crippen molar-refractivity contribution in [2.45, 2.75) is 103 Å². The summed E-state index contributed by atoms with van der Waals surface area (Å²) in [5.74, 6) is 1.76. The van der Waals surface area contributed by atoms with E-state index in [4.69, 9.17) is 9.47 Å². The van der Waals surface area contributed by atoms with Gasteiger partial charge in [-0.2, -0.15) is 0 Å². The summed E-state index contributed by atoms with van der Waals surface area (Å²) in [6.45, 7) is 6.24.